The summed E-state index contributed by atoms with van der Waals surface area (Å²) in [6.07, 6.45) is -2.66. The van der Waals surface area contributed by atoms with Crippen molar-refractivity contribution in [2.75, 3.05) is 0 Å². The van der Waals surface area contributed by atoms with Gasteiger partial charge in [-0.1, -0.05) is 22.0 Å². The molecule has 0 aliphatic rings. The molecule has 0 amide bonds. The number of benzene rings is 1. The average Bonchev–Trinajstić information content (AvgIpc) is 2.59. The van der Waals surface area contributed by atoms with Crippen molar-refractivity contribution in [2.24, 2.45) is 0 Å². The smallest absolute Gasteiger partial charge is 0.313 e. The number of hydrogen-bond acceptors (Lipinski definition) is 2. The van der Waals surface area contributed by atoms with E-state index in [2.05, 4.69) is 20.9 Å². The van der Waals surface area contributed by atoms with Crippen LogP contribution in [0.3, 0.4) is 0 Å². The molecule has 2 aromatic rings. The normalized spacial score (nSPS) is 11.4. The fraction of sp³-hybridized carbons (Fsp3) is 0.222. The third kappa shape index (κ3) is 1.64. The molecule has 2 rings (SSSR count). The van der Waals surface area contributed by atoms with Crippen molar-refractivity contribution in [2.45, 2.75) is 11.8 Å². The van der Waals surface area contributed by atoms with E-state index in [1.807, 2.05) is 6.07 Å². The molecule has 0 fully saturated rings. The van der Waals surface area contributed by atoms with Gasteiger partial charge in [0.05, 0.1) is 0 Å². The molecule has 0 N–H and O–H groups in total. The minimum absolute atomic E-state index is 0.400. The van der Waals surface area contributed by atoms with Crippen molar-refractivity contribution in [1.29, 1.82) is 0 Å². The number of fused-ring (bicyclic) bond motifs is 1. The van der Waals surface area contributed by atoms with Gasteiger partial charge in [0.1, 0.15) is 5.52 Å². The number of halogens is 3. The molecule has 0 saturated carbocycles. The summed E-state index contributed by atoms with van der Waals surface area (Å²) in [7, 11) is 0. The van der Waals surface area contributed by atoms with Crippen LogP contribution in [0.25, 0.3) is 11.1 Å². The Labute approximate surface area is 87.1 Å². The first kappa shape index (κ1) is 9.58. The first-order chi connectivity index (χ1) is 6.70. The molecule has 14 heavy (non-hydrogen) atoms. The van der Waals surface area contributed by atoms with Crippen LogP contribution in [-0.2, 0) is 5.33 Å². The maximum Gasteiger partial charge on any atom is 0.313 e. The lowest BCUT2D eigenvalue weighted by Crippen LogP contribution is -1.80. The van der Waals surface area contributed by atoms with Gasteiger partial charge in [0.2, 0.25) is 0 Å². The quantitative estimate of drug-likeness (QED) is 0.772. The summed E-state index contributed by atoms with van der Waals surface area (Å²) >= 11 is 3.27. The number of aromatic nitrogens is 1. The molecule has 0 aliphatic heterocycles. The van der Waals surface area contributed by atoms with Gasteiger partial charge in [0.25, 0.3) is 5.89 Å². The Kier molecular flexibility index (Phi) is 2.50. The van der Waals surface area contributed by atoms with Gasteiger partial charge in [0, 0.05) is 5.33 Å². The van der Waals surface area contributed by atoms with Gasteiger partial charge in [-0.2, -0.15) is 8.78 Å². The van der Waals surface area contributed by atoms with E-state index in [-0.39, 0.29) is 0 Å². The van der Waals surface area contributed by atoms with Gasteiger partial charge in [0.15, 0.2) is 5.58 Å². The molecule has 0 radical (unpaired) electrons. The zero-order valence-corrected chi connectivity index (χ0v) is 8.59. The number of rotatable bonds is 2. The highest BCUT2D eigenvalue weighted by Crippen LogP contribution is 2.24. The van der Waals surface area contributed by atoms with E-state index < -0.39 is 12.3 Å². The molecule has 74 valence electrons. The minimum atomic E-state index is -2.66. The van der Waals surface area contributed by atoms with Crippen LogP contribution in [-0.4, -0.2) is 4.98 Å². The Balaban J connectivity index is 2.54. The number of oxazole rings is 1. The van der Waals surface area contributed by atoms with E-state index in [1.54, 1.807) is 12.1 Å². The Bertz CT molecular complexity index is 455. The molecule has 1 aromatic heterocycles. The van der Waals surface area contributed by atoms with Crippen molar-refractivity contribution in [3.05, 3.63) is 29.7 Å². The van der Waals surface area contributed by atoms with Gasteiger partial charge in [-0.25, -0.2) is 4.98 Å². The molecule has 0 unspecified atom stereocenters. The Hall–Kier alpha value is -0.970. The first-order valence-electron chi connectivity index (χ1n) is 3.94. The van der Waals surface area contributed by atoms with Crippen LogP contribution in [0, 0.1) is 0 Å². The fourth-order valence-corrected chi connectivity index (χ4v) is 1.51. The molecule has 0 aliphatic carbocycles. The SMILES string of the molecule is FC(F)c1nc2ccc(CBr)cc2o1. The van der Waals surface area contributed by atoms with Crippen molar-refractivity contribution >= 4 is 27.0 Å². The van der Waals surface area contributed by atoms with Crippen LogP contribution in [0.1, 0.15) is 17.9 Å². The topological polar surface area (TPSA) is 26.0 Å². The molecular weight excluding hydrogens is 256 g/mol. The van der Waals surface area contributed by atoms with Gasteiger partial charge >= 0.3 is 6.43 Å². The maximum atomic E-state index is 12.2. The zero-order valence-electron chi connectivity index (χ0n) is 7.01. The summed E-state index contributed by atoms with van der Waals surface area (Å²) in [6, 6.07) is 5.18. The third-order valence-electron chi connectivity index (χ3n) is 1.81. The third-order valence-corrected chi connectivity index (χ3v) is 2.46. The molecule has 2 nitrogen and oxygen atoms in total. The van der Waals surface area contributed by atoms with Gasteiger partial charge in [-0.15, -0.1) is 0 Å². The molecule has 0 saturated heterocycles. The summed E-state index contributed by atoms with van der Waals surface area (Å²) in [5.74, 6) is -0.522. The monoisotopic (exact) mass is 261 g/mol. The minimum Gasteiger partial charge on any atom is -0.435 e. The van der Waals surface area contributed by atoms with Crippen LogP contribution in [0.15, 0.2) is 22.6 Å². The van der Waals surface area contributed by atoms with Crippen LogP contribution in [0.4, 0.5) is 8.78 Å². The maximum absolute atomic E-state index is 12.2. The fourth-order valence-electron chi connectivity index (χ4n) is 1.16. The molecule has 0 atom stereocenters. The van der Waals surface area contributed by atoms with Crippen LogP contribution < -0.4 is 0 Å². The Morgan fingerprint density at radius 2 is 2.21 bits per heavy atom. The number of nitrogens with zero attached hydrogens (tertiary/aromatic N) is 1. The van der Waals surface area contributed by atoms with E-state index in [1.165, 1.54) is 0 Å². The van der Waals surface area contributed by atoms with E-state index in [0.29, 0.717) is 16.4 Å². The summed E-state index contributed by atoms with van der Waals surface area (Å²) in [6.45, 7) is 0. The van der Waals surface area contributed by atoms with Crippen molar-refractivity contribution in [3.63, 3.8) is 0 Å². The average molecular weight is 262 g/mol. The molecule has 0 bridgehead atoms. The van der Waals surface area contributed by atoms with Crippen molar-refractivity contribution in [3.8, 4) is 0 Å². The summed E-state index contributed by atoms with van der Waals surface area (Å²) in [5, 5.41) is 0.660. The van der Waals surface area contributed by atoms with E-state index in [4.69, 9.17) is 4.42 Å². The first-order valence-corrected chi connectivity index (χ1v) is 5.06. The van der Waals surface area contributed by atoms with E-state index >= 15 is 0 Å². The summed E-state index contributed by atoms with van der Waals surface area (Å²) < 4.78 is 29.3. The van der Waals surface area contributed by atoms with Gasteiger partial charge < -0.3 is 4.42 Å². The standard InChI is InChI=1S/C9H6BrF2NO/c10-4-5-1-2-6-7(3-5)14-9(13-6)8(11)12/h1-3,8H,4H2. The van der Waals surface area contributed by atoms with E-state index in [9.17, 15) is 8.78 Å². The lowest BCUT2D eigenvalue weighted by atomic mass is 10.2. The molecule has 1 aromatic carbocycles. The highest BCUT2D eigenvalue weighted by atomic mass is 79.9. The second-order valence-corrected chi connectivity index (χ2v) is 3.35. The molecule has 1 heterocycles. The Morgan fingerprint density at radius 3 is 2.86 bits per heavy atom. The second kappa shape index (κ2) is 3.65. The highest BCUT2D eigenvalue weighted by molar-refractivity contribution is 9.08. The number of alkyl halides is 3. The lowest BCUT2D eigenvalue weighted by molar-refractivity contribution is 0.117. The van der Waals surface area contributed by atoms with E-state index in [0.717, 1.165) is 5.56 Å². The van der Waals surface area contributed by atoms with Crippen molar-refractivity contribution in [1.82, 2.24) is 4.98 Å². The highest BCUT2D eigenvalue weighted by Gasteiger charge is 2.15. The van der Waals surface area contributed by atoms with Crippen molar-refractivity contribution < 1.29 is 13.2 Å². The van der Waals surface area contributed by atoms with Crippen LogP contribution in [0.5, 0.6) is 0 Å². The largest absolute Gasteiger partial charge is 0.435 e. The molecule has 5 heteroatoms. The Morgan fingerprint density at radius 1 is 1.43 bits per heavy atom. The lowest BCUT2D eigenvalue weighted by Gasteiger charge is -1.91. The number of hydrogen-bond donors (Lipinski definition) is 0. The summed E-state index contributed by atoms with van der Waals surface area (Å²) in [4.78, 5) is 3.66. The van der Waals surface area contributed by atoms with Gasteiger partial charge in [-0.3, -0.25) is 0 Å². The predicted molar refractivity (Wildman–Crippen MR) is 51.6 cm³/mol. The second-order valence-electron chi connectivity index (χ2n) is 2.79. The molecular formula is C9H6BrF2NO. The predicted octanol–water partition coefficient (Wildman–Crippen LogP) is 3.66. The zero-order chi connectivity index (χ0) is 10.1. The van der Waals surface area contributed by atoms with Crippen LogP contribution in [0.2, 0.25) is 0 Å². The molecule has 0 spiro atoms. The summed E-state index contributed by atoms with van der Waals surface area (Å²) in [5.41, 5.74) is 1.83. The van der Waals surface area contributed by atoms with Crippen LogP contribution >= 0.6 is 15.9 Å². The van der Waals surface area contributed by atoms with Gasteiger partial charge in [-0.05, 0) is 17.7 Å².